The maximum absolute atomic E-state index is 5.44. The van der Waals surface area contributed by atoms with Crippen molar-refractivity contribution in [1.29, 1.82) is 0 Å². The smallest absolute Gasteiger partial charge is 0.144 e. The topological polar surface area (TPSA) is 28.7 Å². The van der Waals surface area contributed by atoms with Gasteiger partial charge in [-0.3, -0.25) is 0 Å². The Morgan fingerprint density at radius 1 is 1.26 bits per heavy atom. The molecule has 1 aromatic rings. The Labute approximate surface area is 128 Å². The van der Waals surface area contributed by atoms with Crippen molar-refractivity contribution in [3.63, 3.8) is 0 Å². The van der Waals surface area contributed by atoms with E-state index < -0.39 is 0 Å². The molecule has 1 heterocycles. The van der Waals surface area contributed by atoms with Crippen molar-refractivity contribution in [1.82, 2.24) is 9.97 Å². The summed E-state index contributed by atoms with van der Waals surface area (Å²) in [5.41, 5.74) is 1.24. The van der Waals surface area contributed by atoms with E-state index in [1.807, 2.05) is 0 Å². The van der Waals surface area contributed by atoms with E-state index in [4.69, 9.17) is 12.2 Å². The van der Waals surface area contributed by atoms with Crippen molar-refractivity contribution in [2.24, 2.45) is 11.8 Å². The van der Waals surface area contributed by atoms with Gasteiger partial charge in [-0.15, -0.1) is 0 Å². The molecule has 0 aromatic carbocycles. The van der Waals surface area contributed by atoms with Gasteiger partial charge >= 0.3 is 0 Å². The first-order valence-electron chi connectivity index (χ1n) is 7.16. The molecule has 3 rings (SSSR count). The predicted molar refractivity (Wildman–Crippen MR) is 84.0 cm³/mol. The van der Waals surface area contributed by atoms with Gasteiger partial charge in [0.15, 0.2) is 0 Å². The molecular weight excluding hydrogens is 320 g/mol. The molecule has 1 N–H and O–H groups in total. The van der Waals surface area contributed by atoms with E-state index in [-0.39, 0.29) is 5.41 Å². The lowest BCUT2D eigenvalue weighted by molar-refractivity contribution is 0.401. The number of aromatic nitrogens is 2. The summed E-state index contributed by atoms with van der Waals surface area (Å²) >= 11 is 9.04. The molecule has 4 heteroatoms. The fourth-order valence-electron chi connectivity index (χ4n) is 3.75. The number of nitrogens with one attached hydrogen (secondary N) is 1. The van der Waals surface area contributed by atoms with Crippen LogP contribution in [0.1, 0.15) is 63.9 Å². The summed E-state index contributed by atoms with van der Waals surface area (Å²) in [5, 5.41) is 0. The third-order valence-corrected chi connectivity index (χ3v) is 6.05. The minimum Gasteiger partial charge on any atom is -0.345 e. The number of fused-ring (bicyclic) bond motifs is 2. The summed E-state index contributed by atoms with van der Waals surface area (Å²) in [6, 6.07) is 0. The Morgan fingerprint density at radius 3 is 2.53 bits per heavy atom. The monoisotopic (exact) mass is 340 g/mol. The van der Waals surface area contributed by atoms with Gasteiger partial charge in [0.1, 0.15) is 10.5 Å². The molecule has 0 amide bonds. The van der Waals surface area contributed by atoms with Gasteiger partial charge in [0, 0.05) is 17.0 Å². The molecule has 0 aliphatic heterocycles. The van der Waals surface area contributed by atoms with Crippen LogP contribution < -0.4 is 0 Å². The molecule has 0 spiro atoms. The van der Waals surface area contributed by atoms with Gasteiger partial charge in [0.05, 0.1) is 4.47 Å². The molecule has 104 valence electrons. The Balaban J connectivity index is 2.04. The normalized spacial score (nSPS) is 30.0. The average Bonchev–Trinajstić information content (AvgIpc) is 2.92. The molecule has 0 saturated heterocycles. The number of nitrogens with zero attached hydrogens (tertiary/aromatic N) is 1. The zero-order valence-electron chi connectivity index (χ0n) is 11.8. The van der Waals surface area contributed by atoms with E-state index in [1.54, 1.807) is 0 Å². The van der Waals surface area contributed by atoms with Crippen LogP contribution >= 0.6 is 28.1 Å². The maximum atomic E-state index is 5.44. The summed E-state index contributed by atoms with van der Waals surface area (Å²) in [7, 11) is 0. The van der Waals surface area contributed by atoms with Crippen molar-refractivity contribution in [3.8, 4) is 0 Å². The van der Waals surface area contributed by atoms with Crippen LogP contribution in [0.4, 0.5) is 0 Å². The van der Waals surface area contributed by atoms with E-state index in [9.17, 15) is 0 Å². The SMILES string of the molecule is CC(C)(C)c1[nH]c(C2CC3CCC2C3)nc(=S)c1Br. The standard InChI is InChI=1S/C15H21BrN2S/c1-15(2,3)12-11(16)14(19)18-13(17-12)10-7-8-4-5-9(10)6-8/h8-10H,4-7H2,1-3H3,(H,17,18,19). The Hall–Kier alpha value is -0.220. The number of halogens is 1. The van der Waals surface area contributed by atoms with Gasteiger partial charge in [-0.05, 0) is 47.0 Å². The maximum Gasteiger partial charge on any atom is 0.144 e. The van der Waals surface area contributed by atoms with Gasteiger partial charge in [-0.2, -0.15) is 0 Å². The van der Waals surface area contributed by atoms with E-state index in [0.29, 0.717) is 10.6 Å². The largest absolute Gasteiger partial charge is 0.345 e. The van der Waals surface area contributed by atoms with Crippen LogP contribution in [0.15, 0.2) is 4.47 Å². The van der Waals surface area contributed by atoms with Gasteiger partial charge in [0.25, 0.3) is 0 Å². The van der Waals surface area contributed by atoms with Crippen LogP contribution in [0, 0.1) is 16.5 Å². The lowest BCUT2D eigenvalue weighted by atomic mass is 9.87. The summed E-state index contributed by atoms with van der Waals surface area (Å²) in [6.45, 7) is 6.63. The van der Waals surface area contributed by atoms with Crippen molar-refractivity contribution < 1.29 is 0 Å². The highest BCUT2D eigenvalue weighted by atomic mass is 79.9. The summed E-state index contributed by atoms with van der Waals surface area (Å²) < 4.78 is 1.67. The molecule has 2 saturated carbocycles. The second-order valence-corrected chi connectivity index (χ2v) is 8.33. The predicted octanol–water partition coefficient (Wildman–Crippen LogP) is 5.10. The molecule has 2 fully saturated rings. The zero-order valence-corrected chi connectivity index (χ0v) is 14.2. The minimum absolute atomic E-state index is 0.0572. The first-order chi connectivity index (χ1) is 8.86. The lowest BCUT2D eigenvalue weighted by Gasteiger charge is -2.25. The fourth-order valence-corrected chi connectivity index (χ4v) is 4.73. The van der Waals surface area contributed by atoms with Crippen molar-refractivity contribution in [3.05, 3.63) is 20.6 Å². The minimum atomic E-state index is 0.0572. The van der Waals surface area contributed by atoms with E-state index in [1.165, 1.54) is 31.4 Å². The van der Waals surface area contributed by atoms with E-state index >= 15 is 0 Å². The number of hydrogen-bond donors (Lipinski definition) is 1. The van der Waals surface area contributed by atoms with Crippen LogP contribution in [0.25, 0.3) is 0 Å². The van der Waals surface area contributed by atoms with Crippen molar-refractivity contribution in [2.75, 3.05) is 0 Å². The summed E-state index contributed by atoms with van der Waals surface area (Å²) in [4.78, 5) is 8.26. The summed E-state index contributed by atoms with van der Waals surface area (Å²) in [5.74, 6) is 3.50. The number of rotatable bonds is 1. The highest BCUT2D eigenvalue weighted by Crippen LogP contribution is 2.52. The third-order valence-electron chi connectivity index (χ3n) is 4.72. The fraction of sp³-hybridized carbons (Fsp3) is 0.733. The highest BCUT2D eigenvalue weighted by Gasteiger charge is 2.41. The van der Waals surface area contributed by atoms with Crippen molar-refractivity contribution >= 4 is 28.1 Å². The molecule has 19 heavy (non-hydrogen) atoms. The summed E-state index contributed by atoms with van der Waals surface area (Å²) in [6.07, 6.45) is 5.49. The molecular formula is C15H21BrN2S. The molecule has 0 radical (unpaired) electrons. The zero-order chi connectivity index (χ0) is 13.8. The average molecular weight is 341 g/mol. The first-order valence-corrected chi connectivity index (χ1v) is 8.36. The highest BCUT2D eigenvalue weighted by molar-refractivity contribution is 9.10. The van der Waals surface area contributed by atoms with Crippen LogP contribution in [-0.4, -0.2) is 9.97 Å². The quantitative estimate of drug-likeness (QED) is 0.720. The van der Waals surface area contributed by atoms with Crippen LogP contribution in [0.5, 0.6) is 0 Å². The number of aromatic amines is 1. The van der Waals surface area contributed by atoms with E-state index in [0.717, 1.165) is 22.1 Å². The number of H-pyrrole nitrogens is 1. The molecule has 2 aliphatic rings. The molecule has 1 aromatic heterocycles. The lowest BCUT2D eigenvalue weighted by Crippen LogP contribution is -2.20. The van der Waals surface area contributed by atoms with Crippen LogP contribution in [0.2, 0.25) is 0 Å². The van der Waals surface area contributed by atoms with Crippen LogP contribution in [-0.2, 0) is 5.41 Å². The van der Waals surface area contributed by atoms with E-state index in [2.05, 4.69) is 46.7 Å². The second-order valence-electron chi connectivity index (χ2n) is 7.15. The first kappa shape index (κ1) is 13.7. The second kappa shape index (κ2) is 4.66. The van der Waals surface area contributed by atoms with Gasteiger partial charge in [-0.1, -0.05) is 39.4 Å². The Morgan fingerprint density at radius 2 is 2.00 bits per heavy atom. The number of hydrogen-bond acceptors (Lipinski definition) is 2. The Kier molecular flexibility index (Phi) is 3.37. The van der Waals surface area contributed by atoms with Gasteiger partial charge in [-0.25, -0.2) is 4.98 Å². The van der Waals surface area contributed by atoms with Crippen molar-refractivity contribution in [2.45, 2.75) is 57.8 Å². The molecule has 2 aliphatic carbocycles. The molecule has 2 nitrogen and oxygen atoms in total. The Bertz CT molecular complexity index is 558. The van der Waals surface area contributed by atoms with Gasteiger partial charge < -0.3 is 4.98 Å². The molecule has 3 atom stereocenters. The van der Waals surface area contributed by atoms with Crippen LogP contribution in [0.3, 0.4) is 0 Å². The third kappa shape index (κ3) is 2.42. The molecule has 3 unspecified atom stereocenters. The van der Waals surface area contributed by atoms with Gasteiger partial charge in [0.2, 0.25) is 0 Å². The molecule has 2 bridgehead atoms.